The molecule has 0 amide bonds. The number of hydrogen-bond donors (Lipinski definition) is 1. The van der Waals surface area contributed by atoms with Crippen LogP contribution >= 0.6 is 20.8 Å². The van der Waals surface area contributed by atoms with E-state index in [9.17, 15) is 0 Å². The number of nitrogens with one attached hydrogen (secondary N) is 1. The summed E-state index contributed by atoms with van der Waals surface area (Å²) < 4.78 is 0. The molecule has 0 aromatic heterocycles. The van der Waals surface area contributed by atoms with Crippen LogP contribution in [-0.4, -0.2) is 11.9 Å². The van der Waals surface area contributed by atoms with Gasteiger partial charge in [0.05, 0.1) is 0 Å². The van der Waals surface area contributed by atoms with E-state index in [1.165, 1.54) is 15.9 Å². The van der Waals surface area contributed by atoms with Gasteiger partial charge in [-0.15, -0.1) is 0 Å². The van der Waals surface area contributed by atoms with Gasteiger partial charge in [0, 0.05) is 0 Å². The second kappa shape index (κ2) is 9.18. The van der Waals surface area contributed by atoms with Crippen LogP contribution in [0.25, 0.3) is 0 Å². The Bertz CT molecular complexity index is 1050. The topological polar surface area (TPSA) is 24.4 Å². The number of hydrazone groups is 1. The van der Waals surface area contributed by atoms with Crippen molar-refractivity contribution in [2.75, 3.05) is 11.6 Å². The molecule has 1 N–H and O–H groups in total. The molecule has 4 heteroatoms. The van der Waals surface area contributed by atoms with Gasteiger partial charge in [-0.3, -0.25) is 0 Å². The average Bonchev–Trinajstić information content (AvgIpc) is 2.85. The van der Waals surface area contributed by atoms with E-state index in [1.54, 1.807) is 0 Å². The van der Waals surface area contributed by atoms with Gasteiger partial charge in [0.2, 0.25) is 0 Å². The Labute approximate surface area is 192 Å². The molecule has 0 bridgehead atoms. The first kappa shape index (κ1) is 21.5. The Balaban J connectivity index is 1.90. The summed E-state index contributed by atoms with van der Waals surface area (Å²) >= 11 is 4.47. The summed E-state index contributed by atoms with van der Waals surface area (Å²) in [5.41, 5.74) is 5.25. The first-order chi connectivity index (χ1) is 15.1. The third-order valence-corrected chi connectivity index (χ3v) is 15.2. The Hall–Kier alpha value is -2.74. The molecular weight excluding hydrogens is 463 g/mol. The fourth-order valence-electron chi connectivity index (χ4n) is 4.08. The number of rotatable bonds is 7. The SMILES string of the molecule is CC(CP(Br)(c1ccccc1)(c1ccccc1)c1ccccc1)=NNc1ccccc1. The minimum atomic E-state index is -3.00. The number of benzene rings is 4. The van der Waals surface area contributed by atoms with Crippen LogP contribution in [0.1, 0.15) is 6.92 Å². The Morgan fingerprint density at radius 3 is 1.39 bits per heavy atom. The predicted molar refractivity (Wildman–Crippen MR) is 142 cm³/mol. The molecule has 0 aliphatic carbocycles. The summed E-state index contributed by atoms with van der Waals surface area (Å²) in [5, 5.41) is 5.65. The van der Waals surface area contributed by atoms with Gasteiger partial charge in [-0.2, -0.15) is 0 Å². The third-order valence-electron chi connectivity index (χ3n) is 5.56. The molecule has 0 unspecified atom stereocenters. The summed E-state index contributed by atoms with van der Waals surface area (Å²) in [4.78, 5) is 0. The molecule has 0 saturated heterocycles. The molecule has 0 heterocycles. The number of halogens is 1. The zero-order chi connectivity index (χ0) is 21.6. The average molecular weight is 489 g/mol. The molecule has 31 heavy (non-hydrogen) atoms. The van der Waals surface area contributed by atoms with Crippen LogP contribution in [0.2, 0.25) is 0 Å². The maximum atomic E-state index is 4.77. The van der Waals surface area contributed by atoms with Crippen LogP contribution < -0.4 is 21.3 Å². The van der Waals surface area contributed by atoms with Gasteiger partial charge in [-0.05, 0) is 0 Å². The molecule has 4 aromatic carbocycles. The van der Waals surface area contributed by atoms with E-state index in [0.29, 0.717) is 0 Å². The van der Waals surface area contributed by atoms with Crippen LogP contribution in [0, 0.1) is 0 Å². The zero-order valence-corrected chi connectivity index (χ0v) is 20.0. The number of hydrogen-bond acceptors (Lipinski definition) is 2. The predicted octanol–water partition coefficient (Wildman–Crippen LogP) is 6.31. The van der Waals surface area contributed by atoms with Crippen molar-refractivity contribution in [2.45, 2.75) is 6.92 Å². The van der Waals surface area contributed by atoms with Gasteiger partial charge in [0.1, 0.15) is 0 Å². The summed E-state index contributed by atoms with van der Waals surface area (Å²) in [6, 6.07) is 42.5. The zero-order valence-electron chi connectivity index (χ0n) is 17.5. The van der Waals surface area contributed by atoms with E-state index in [0.717, 1.165) is 17.6 Å². The van der Waals surface area contributed by atoms with Gasteiger partial charge in [0.15, 0.2) is 0 Å². The van der Waals surface area contributed by atoms with Crippen molar-refractivity contribution in [3.05, 3.63) is 121 Å². The van der Waals surface area contributed by atoms with Gasteiger partial charge in [-0.25, -0.2) is 0 Å². The molecule has 4 rings (SSSR count). The number of nitrogens with zero attached hydrogens (tertiary/aromatic N) is 1. The molecule has 0 saturated carbocycles. The van der Waals surface area contributed by atoms with Gasteiger partial charge < -0.3 is 0 Å². The Morgan fingerprint density at radius 2 is 1.00 bits per heavy atom. The van der Waals surface area contributed by atoms with Crippen LogP contribution in [0.3, 0.4) is 0 Å². The summed E-state index contributed by atoms with van der Waals surface area (Å²) in [7, 11) is 0. The molecule has 0 radical (unpaired) electrons. The molecule has 0 atom stereocenters. The summed E-state index contributed by atoms with van der Waals surface area (Å²) in [5.74, 6) is 0. The Kier molecular flexibility index (Phi) is 6.36. The van der Waals surface area contributed by atoms with Gasteiger partial charge >= 0.3 is 193 Å². The van der Waals surface area contributed by atoms with E-state index >= 15 is 0 Å². The van der Waals surface area contributed by atoms with E-state index < -0.39 is 5.31 Å². The minimum absolute atomic E-state index is 0.781. The van der Waals surface area contributed by atoms with Crippen LogP contribution in [0.4, 0.5) is 5.69 Å². The molecule has 4 aromatic rings. The van der Waals surface area contributed by atoms with Crippen molar-refractivity contribution in [1.29, 1.82) is 0 Å². The van der Waals surface area contributed by atoms with E-state index in [2.05, 4.69) is 119 Å². The molecule has 2 nitrogen and oxygen atoms in total. The first-order valence-corrected chi connectivity index (χ1v) is 14.8. The molecular formula is C27H26BrN2P. The molecule has 0 aliphatic heterocycles. The third kappa shape index (κ3) is 4.21. The summed E-state index contributed by atoms with van der Waals surface area (Å²) in [6.07, 6.45) is 0.781. The molecule has 0 spiro atoms. The van der Waals surface area contributed by atoms with Crippen molar-refractivity contribution < 1.29 is 0 Å². The Morgan fingerprint density at radius 1 is 0.645 bits per heavy atom. The molecule has 0 fully saturated rings. The van der Waals surface area contributed by atoms with Crippen molar-refractivity contribution in [3.63, 3.8) is 0 Å². The quantitative estimate of drug-likeness (QED) is 0.184. The van der Waals surface area contributed by atoms with Crippen LogP contribution in [-0.2, 0) is 0 Å². The molecule has 0 aliphatic rings. The van der Waals surface area contributed by atoms with Gasteiger partial charge in [0.25, 0.3) is 0 Å². The van der Waals surface area contributed by atoms with E-state index in [4.69, 9.17) is 5.10 Å². The first-order valence-electron chi connectivity index (χ1n) is 10.3. The summed E-state index contributed by atoms with van der Waals surface area (Å²) in [6.45, 7) is 2.10. The monoisotopic (exact) mass is 488 g/mol. The van der Waals surface area contributed by atoms with Crippen LogP contribution in [0.5, 0.6) is 0 Å². The maximum absolute atomic E-state index is 4.77. The fraction of sp³-hybridized carbons (Fsp3) is 0.0741. The normalized spacial score (nSPS) is 13.2. The second-order valence-electron chi connectivity index (χ2n) is 7.67. The standard InChI is InChI=1S/C27H26BrN2P/c1-23(29-30-24-14-6-2-7-15-24)22-31(28,25-16-8-3-9-17-25,26-18-10-4-11-19-26)27-20-12-5-13-21-27/h2-21,30H,22H2,1H3. The van der Waals surface area contributed by atoms with Crippen molar-refractivity contribution in [3.8, 4) is 0 Å². The van der Waals surface area contributed by atoms with E-state index in [-0.39, 0.29) is 0 Å². The van der Waals surface area contributed by atoms with Crippen molar-refractivity contribution in [2.24, 2.45) is 5.10 Å². The number of anilines is 1. The fourth-order valence-corrected chi connectivity index (χ4v) is 12.0. The van der Waals surface area contributed by atoms with Crippen LogP contribution in [0.15, 0.2) is 126 Å². The number of para-hydroxylation sites is 1. The van der Waals surface area contributed by atoms with Crippen molar-refractivity contribution in [1.82, 2.24) is 0 Å². The molecule has 156 valence electrons. The second-order valence-corrected chi connectivity index (χ2v) is 16.6. The van der Waals surface area contributed by atoms with Crippen molar-refractivity contribution >= 4 is 48.1 Å². The van der Waals surface area contributed by atoms with Gasteiger partial charge in [-0.1, -0.05) is 0 Å². The van der Waals surface area contributed by atoms with E-state index in [1.807, 2.05) is 30.3 Å².